The van der Waals surface area contributed by atoms with Gasteiger partial charge in [-0.15, -0.1) is 0 Å². The second-order valence-corrected chi connectivity index (χ2v) is 5.82. The van der Waals surface area contributed by atoms with Crippen molar-refractivity contribution in [3.05, 3.63) is 101 Å². The summed E-state index contributed by atoms with van der Waals surface area (Å²) in [6.07, 6.45) is 4.10. The normalized spacial score (nSPS) is 12.7. The summed E-state index contributed by atoms with van der Waals surface area (Å²) < 4.78 is 11.7. The van der Waals surface area contributed by atoms with Gasteiger partial charge in [-0.25, -0.2) is 0 Å². The molecule has 0 saturated heterocycles. The molecule has 0 fully saturated rings. The van der Waals surface area contributed by atoms with E-state index >= 15 is 0 Å². The Bertz CT molecular complexity index is 1120. The fourth-order valence-corrected chi connectivity index (χ4v) is 2.98. The van der Waals surface area contributed by atoms with E-state index < -0.39 is 0 Å². The first-order chi connectivity index (χ1) is 12.3. The number of hydrogen-bond acceptors (Lipinski definition) is 2. The van der Waals surface area contributed by atoms with Crippen LogP contribution in [-0.2, 0) is 0 Å². The molecule has 0 N–H and O–H groups in total. The SMILES string of the molecule is COc1ccccc1/C=c1\o/c(=C/c2ccccc2)c2ccccc12. The molecule has 0 bridgehead atoms. The van der Waals surface area contributed by atoms with Crippen LogP contribution in [-0.4, -0.2) is 7.11 Å². The minimum atomic E-state index is 0.830. The van der Waals surface area contributed by atoms with E-state index in [9.17, 15) is 0 Å². The maximum atomic E-state index is 6.21. The van der Waals surface area contributed by atoms with E-state index in [0.717, 1.165) is 38.5 Å². The van der Waals surface area contributed by atoms with Gasteiger partial charge in [0.2, 0.25) is 0 Å². The lowest BCUT2D eigenvalue weighted by molar-refractivity contribution is 0.413. The van der Waals surface area contributed by atoms with Crippen LogP contribution in [0.25, 0.3) is 22.9 Å². The molecule has 0 saturated carbocycles. The Kier molecular flexibility index (Phi) is 4.09. The van der Waals surface area contributed by atoms with Gasteiger partial charge >= 0.3 is 0 Å². The highest BCUT2D eigenvalue weighted by atomic mass is 16.5. The highest BCUT2D eigenvalue weighted by Crippen LogP contribution is 2.18. The molecule has 0 aliphatic heterocycles. The summed E-state index contributed by atoms with van der Waals surface area (Å²) in [6.45, 7) is 0. The van der Waals surface area contributed by atoms with E-state index in [2.05, 4.69) is 30.3 Å². The van der Waals surface area contributed by atoms with E-state index in [1.807, 2.05) is 60.7 Å². The van der Waals surface area contributed by atoms with Crippen molar-refractivity contribution < 1.29 is 9.15 Å². The van der Waals surface area contributed by atoms with Crippen molar-refractivity contribution in [2.75, 3.05) is 7.11 Å². The zero-order valence-corrected chi connectivity index (χ0v) is 14.0. The molecule has 0 radical (unpaired) electrons. The Balaban J connectivity index is 1.98. The molecular weight excluding hydrogens is 308 g/mol. The van der Waals surface area contributed by atoms with Gasteiger partial charge in [0, 0.05) is 16.3 Å². The summed E-state index contributed by atoms with van der Waals surface area (Å²) in [5, 5.41) is 2.20. The quantitative estimate of drug-likeness (QED) is 0.565. The number of fused-ring (bicyclic) bond motifs is 1. The number of rotatable bonds is 3. The molecular formula is C23H18O2. The lowest BCUT2D eigenvalue weighted by Crippen LogP contribution is -2.01. The zero-order valence-electron chi connectivity index (χ0n) is 14.0. The maximum absolute atomic E-state index is 6.21. The summed E-state index contributed by atoms with van der Waals surface area (Å²) in [4.78, 5) is 0. The van der Waals surface area contributed by atoms with E-state index in [1.165, 1.54) is 0 Å². The molecule has 1 heterocycles. The fourth-order valence-electron chi connectivity index (χ4n) is 2.98. The van der Waals surface area contributed by atoms with E-state index in [1.54, 1.807) is 7.11 Å². The average molecular weight is 326 g/mol. The zero-order chi connectivity index (χ0) is 17.1. The largest absolute Gasteiger partial charge is 0.496 e. The van der Waals surface area contributed by atoms with Gasteiger partial charge in [-0.2, -0.15) is 0 Å². The van der Waals surface area contributed by atoms with Crippen molar-refractivity contribution in [3.8, 4) is 5.75 Å². The van der Waals surface area contributed by atoms with Crippen LogP contribution in [0.4, 0.5) is 0 Å². The molecule has 25 heavy (non-hydrogen) atoms. The van der Waals surface area contributed by atoms with Crippen LogP contribution in [0.1, 0.15) is 11.1 Å². The maximum Gasteiger partial charge on any atom is 0.136 e. The van der Waals surface area contributed by atoms with Crippen LogP contribution in [0.3, 0.4) is 0 Å². The topological polar surface area (TPSA) is 22.4 Å². The van der Waals surface area contributed by atoms with Crippen LogP contribution in [0.2, 0.25) is 0 Å². The molecule has 0 unspecified atom stereocenters. The van der Waals surface area contributed by atoms with Gasteiger partial charge in [0.15, 0.2) is 0 Å². The molecule has 4 aromatic rings. The van der Waals surface area contributed by atoms with Crippen molar-refractivity contribution in [2.24, 2.45) is 0 Å². The van der Waals surface area contributed by atoms with E-state index in [0.29, 0.717) is 0 Å². The lowest BCUT2D eigenvalue weighted by atomic mass is 10.1. The van der Waals surface area contributed by atoms with Gasteiger partial charge in [0.05, 0.1) is 7.11 Å². The number of para-hydroxylation sites is 1. The average Bonchev–Trinajstić information content (AvgIpc) is 3.01. The summed E-state index contributed by atoms with van der Waals surface area (Å²) in [5.41, 5.74) is 3.81. The summed E-state index contributed by atoms with van der Waals surface area (Å²) in [5.74, 6) is 0.830. The Labute approximate surface area is 146 Å². The highest BCUT2D eigenvalue weighted by Gasteiger charge is 2.05. The third-order valence-electron chi connectivity index (χ3n) is 4.20. The smallest absolute Gasteiger partial charge is 0.136 e. The van der Waals surface area contributed by atoms with E-state index in [-0.39, 0.29) is 0 Å². The minimum absolute atomic E-state index is 0.830. The predicted octanol–water partition coefficient (Wildman–Crippen LogP) is 4.10. The first-order valence-electron chi connectivity index (χ1n) is 8.24. The minimum Gasteiger partial charge on any atom is -0.496 e. The summed E-state index contributed by atoms with van der Waals surface area (Å²) in [7, 11) is 1.68. The van der Waals surface area contributed by atoms with Gasteiger partial charge in [-0.1, -0.05) is 72.8 Å². The Hall–Kier alpha value is -3.26. The molecule has 2 nitrogen and oxygen atoms in total. The number of hydrogen-bond donors (Lipinski definition) is 0. The number of methoxy groups -OCH3 is 1. The molecule has 4 rings (SSSR count). The highest BCUT2D eigenvalue weighted by molar-refractivity contribution is 5.85. The van der Waals surface area contributed by atoms with Crippen LogP contribution in [0.5, 0.6) is 5.75 Å². The second-order valence-electron chi connectivity index (χ2n) is 5.82. The number of benzene rings is 3. The van der Waals surface area contributed by atoms with Crippen LogP contribution in [0, 0.1) is 0 Å². The third-order valence-corrected chi connectivity index (χ3v) is 4.20. The van der Waals surface area contributed by atoms with Crippen LogP contribution >= 0.6 is 0 Å². The molecule has 1 aromatic heterocycles. The molecule has 3 aromatic carbocycles. The van der Waals surface area contributed by atoms with Crippen molar-refractivity contribution in [3.63, 3.8) is 0 Å². The van der Waals surface area contributed by atoms with Crippen LogP contribution < -0.4 is 15.6 Å². The van der Waals surface area contributed by atoms with Crippen molar-refractivity contribution in [1.82, 2.24) is 0 Å². The fraction of sp³-hybridized carbons (Fsp3) is 0.0435. The first kappa shape index (κ1) is 15.3. The van der Waals surface area contributed by atoms with Gasteiger partial charge in [-0.3, -0.25) is 0 Å². The third kappa shape index (κ3) is 3.07. The van der Waals surface area contributed by atoms with Crippen molar-refractivity contribution in [2.45, 2.75) is 0 Å². The molecule has 0 aliphatic carbocycles. The lowest BCUT2D eigenvalue weighted by Gasteiger charge is -2.02. The van der Waals surface area contributed by atoms with Gasteiger partial charge in [0.1, 0.15) is 16.6 Å². The standard InChI is InChI=1S/C23H18O2/c1-24-21-14-8-5-11-18(21)16-23-20-13-7-6-12-19(20)22(25-23)15-17-9-3-2-4-10-17/h2-16H,1H3/b22-15+,23-16-. The Morgan fingerprint density at radius 1 is 0.680 bits per heavy atom. The monoisotopic (exact) mass is 326 g/mol. The first-order valence-corrected chi connectivity index (χ1v) is 8.24. The van der Waals surface area contributed by atoms with Gasteiger partial charge in [0.25, 0.3) is 0 Å². The second kappa shape index (κ2) is 6.70. The summed E-state index contributed by atoms with van der Waals surface area (Å²) in [6, 6.07) is 26.4. The Morgan fingerprint density at radius 2 is 1.28 bits per heavy atom. The molecule has 122 valence electrons. The van der Waals surface area contributed by atoms with E-state index in [4.69, 9.17) is 9.15 Å². The molecule has 0 aliphatic rings. The molecule has 0 amide bonds. The predicted molar refractivity (Wildman–Crippen MR) is 102 cm³/mol. The van der Waals surface area contributed by atoms with Crippen LogP contribution in [0.15, 0.2) is 83.3 Å². The molecule has 0 spiro atoms. The Morgan fingerprint density at radius 3 is 2.00 bits per heavy atom. The number of ether oxygens (including phenoxy) is 1. The summed E-state index contributed by atoms with van der Waals surface area (Å²) >= 11 is 0. The molecule has 2 heteroatoms. The van der Waals surface area contributed by atoms with Crippen molar-refractivity contribution in [1.29, 1.82) is 0 Å². The van der Waals surface area contributed by atoms with Gasteiger partial charge in [-0.05, 0) is 23.8 Å². The molecule has 0 atom stereocenters. The van der Waals surface area contributed by atoms with Crippen molar-refractivity contribution >= 4 is 22.9 Å². The number of furan rings is 1. The van der Waals surface area contributed by atoms with Gasteiger partial charge < -0.3 is 9.15 Å².